The Morgan fingerprint density at radius 1 is 0.958 bits per heavy atom. The van der Waals surface area contributed by atoms with Crippen LogP contribution >= 0.6 is 0 Å². The van der Waals surface area contributed by atoms with E-state index in [1.54, 1.807) is 18.2 Å². The number of fused-ring (bicyclic) bond motifs is 1. The maximum atomic E-state index is 12.1. The van der Waals surface area contributed by atoms with Crippen LogP contribution in [0, 0.1) is 6.92 Å². The quantitative estimate of drug-likeness (QED) is 0.843. The van der Waals surface area contributed by atoms with Crippen molar-refractivity contribution in [2.45, 2.75) is 13.3 Å². The van der Waals surface area contributed by atoms with Crippen molar-refractivity contribution in [1.29, 1.82) is 0 Å². The van der Waals surface area contributed by atoms with Crippen LogP contribution in [0.2, 0.25) is 0 Å². The van der Waals surface area contributed by atoms with E-state index >= 15 is 0 Å². The van der Waals surface area contributed by atoms with Crippen LogP contribution in [0.5, 0.6) is 11.5 Å². The van der Waals surface area contributed by atoms with Gasteiger partial charge in [-0.3, -0.25) is 20.4 Å². The molecular formula is C18H18N2O4. The van der Waals surface area contributed by atoms with Gasteiger partial charge in [0.05, 0.1) is 6.42 Å². The highest BCUT2D eigenvalue weighted by molar-refractivity contribution is 5.96. The molecule has 0 saturated carbocycles. The SMILES string of the molecule is Cc1ccc(CC(=O)NNC(=O)c2ccc3c(c2)OCCO3)cc1. The van der Waals surface area contributed by atoms with Gasteiger partial charge in [-0.2, -0.15) is 0 Å². The molecule has 2 aromatic rings. The molecule has 0 aromatic heterocycles. The summed E-state index contributed by atoms with van der Waals surface area (Å²) in [4.78, 5) is 24.0. The van der Waals surface area contributed by atoms with E-state index < -0.39 is 5.91 Å². The van der Waals surface area contributed by atoms with Crippen molar-refractivity contribution in [3.8, 4) is 11.5 Å². The van der Waals surface area contributed by atoms with Crippen LogP contribution in [0.25, 0.3) is 0 Å². The fourth-order valence-electron chi connectivity index (χ4n) is 2.32. The maximum Gasteiger partial charge on any atom is 0.269 e. The summed E-state index contributed by atoms with van der Waals surface area (Å²) in [6.45, 7) is 2.93. The zero-order valence-corrected chi connectivity index (χ0v) is 13.3. The van der Waals surface area contributed by atoms with Crippen LogP contribution < -0.4 is 20.3 Å². The summed E-state index contributed by atoms with van der Waals surface area (Å²) in [5.74, 6) is 0.440. The van der Waals surface area contributed by atoms with Gasteiger partial charge in [-0.05, 0) is 30.7 Å². The normalized spacial score (nSPS) is 12.4. The number of hydrogen-bond donors (Lipinski definition) is 2. The second-order valence-electron chi connectivity index (χ2n) is 5.52. The molecule has 0 bridgehead atoms. The average Bonchev–Trinajstić information content (AvgIpc) is 2.61. The predicted molar refractivity (Wildman–Crippen MR) is 87.9 cm³/mol. The monoisotopic (exact) mass is 326 g/mol. The summed E-state index contributed by atoms with van der Waals surface area (Å²) < 4.78 is 10.8. The second kappa shape index (κ2) is 7.04. The van der Waals surface area contributed by atoms with Crippen molar-refractivity contribution in [2.75, 3.05) is 13.2 Å². The van der Waals surface area contributed by atoms with Crippen LogP contribution in [0.3, 0.4) is 0 Å². The molecule has 0 radical (unpaired) electrons. The molecule has 1 aliphatic rings. The third-order valence-electron chi connectivity index (χ3n) is 3.61. The van der Waals surface area contributed by atoms with E-state index in [4.69, 9.17) is 9.47 Å². The lowest BCUT2D eigenvalue weighted by Gasteiger charge is -2.18. The molecular weight excluding hydrogens is 308 g/mol. The molecule has 0 aliphatic carbocycles. The number of carbonyl (C=O) groups excluding carboxylic acids is 2. The number of hydrazine groups is 1. The highest BCUT2D eigenvalue weighted by atomic mass is 16.6. The van der Waals surface area contributed by atoms with E-state index in [9.17, 15) is 9.59 Å². The fraction of sp³-hybridized carbons (Fsp3) is 0.222. The van der Waals surface area contributed by atoms with Gasteiger partial charge in [0.15, 0.2) is 11.5 Å². The lowest BCUT2D eigenvalue weighted by atomic mass is 10.1. The molecule has 2 aromatic carbocycles. The van der Waals surface area contributed by atoms with Crippen LogP contribution in [-0.4, -0.2) is 25.0 Å². The van der Waals surface area contributed by atoms with Crippen molar-refractivity contribution in [2.24, 2.45) is 0 Å². The zero-order chi connectivity index (χ0) is 16.9. The minimum atomic E-state index is -0.413. The number of nitrogens with one attached hydrogen (secondary N) is 2. The van der Waals surface area contributed by atoms with Crippen molar-refractivity contribution >= 4 is 11.8 Å². The minimum absolute atomic E-state index is 0.196. The fourth-order valence-corrected chi connectivity index (χ4v) is 2.32. The van der Waals surface area contributed by atoms with Gasteiger partial charge in [-0.1, -0.05) is 29.8 Å². The number of benzene rings is 2. The van der Waals surface area contributed by atoms with E-state index in [-0.39, 0.29) is 12.3 Å². The van der Waals surface area contributed by atoms with Gasteiger partial charge in [-0.25, -0.2) is 0 Å². The Kier molecular flexibility index (Phi) is 4.65. The Bertz CT molecular complexity index is 756. The van der Waals surface area contributed by atoms with Crippen LogP contribution in [0.15, 0.2) is 42.5 Å². The first-order valence-corrected chi connectivity index (χ1v) is 7.66. The summed E-state index contributed by atoms with van der Waals surface area (Å²) >= 11 is 0. The molecule has 1 heterocycles. The molecule has 24 heavy (non-hydrogen) atoms. The second-order valence-corrected chi connectivity index (χ2v) is 5.52. The number of amides is 2. The Morgan fingerprint density at radius 3 is 2.42 bits per heavy atom. The molecule has 6 heteroatoms. The van der Waals surface area contributed by atoms with Gasteiger partial charge in [0.1, 0.15) is 13.2 Å². The average molecular weight is 326 g/mol. The summed E-state index contributed by atoms with van der Waals surface area (Å²) in [6, 6.07) is 12.5. The molecule has 6 nitrogen and oxygen atoms in total. The van der Waals surface area contributed by atoms with E-state index in [1.165, 1.54) is 0 Å². The van der Waals surface area contributed by atoms with Gasteiger partial charge >= 0.3 is 0 Å². The van der Waals surface area contributed by atoms with Crippen LogP contribution in [0.1, 0.15) is 21.5 Å². The summed E-state index contributed by atoms with van der Waals surface area (Å²) in [5, 5.41) is 0. The summed E-state index contributed by atoms with van der Waals surface area (Å²) in [6.07, 6.45) is 0.196. The molecule has 0 unspecified atom stereocenters. The van der Waals surface area contributed by atoms with Crippen LogP contribution in [0.4, 0.5) is 0 Å². The number of rotatable bonds is 3. The molecule has 1 aliphatic heterocycles. The molecule has 0 fully saturated rings. The lowest BCUT2D eigenvalue weighted by molar-refractivity contribution is -0.121. The molecule has 2 N–H and O–H groups in total. The first kappa shape index (κ1) is 15.9. The van der Waals surface area contributed by atoms with Gasteiger partial charge in [0.25, 0.3) is 5.91 Å². The van der Waals surface area contributed by atoms with Crippen molar-refractivity contribution < 1.29 is 19.1 Å². The Balaban J connectivity index is 1.55. The number of carbonyl (C=O) groups is 2. The maximum absolute atomic E-state index is 12.1. The Labute approximate surface area is 139 Å². The van der Waals surface area contributed by atoms with Gasteiger partial charge in [0.2, 0.25) is 5.91 Å². The van der Waals surface area contributed by atoms with Crippen molar-refractivity contribution in [1.82, 2.24) is 10.9 Å². The number of hydrogen-bond acceptors (Lipinski definition) is 4. The Morgan fingerprint density at radius 2 is 1.67 bits per heavy atom. The zero-order valence-electron chi connectivity index (χ0n) is 13.3. The highest BCUT2D eigenvalue weighted by Gasteiger charge is 2.15. The molecule has 0 saturated heterocycles. The minimum Gasteiger partial charge on any atom is -0.486 e. The first-order chi connectivity index (χ1) is 11.6. The van der Waals surface area contributed by atoms with Gasteiger partial charge in [-0.15, -0.1) is 0 Å². The van der Waals surface area contributed by atoms with E-state index in [1.807, 2.05) is 31.2 Å². The van der Waals surface area contributed by atoms with Gasteiger partial charge < -0.3 is 9.47 Å². The van der Waals surface area contributed by atoms with E-state index in [0.29, 0.717) is 30.3 Å². The number of aryl methyl sites for hydroxylation is 1. The molecule has 124 valence electrons. The van der Waals surface area contributed by atoms with Crippen molar-refractivity contribution in [3.05, 3.63) is 59.2 Å². The van der Waals surface area contributed by atoms with Crippen LogP contribution in [-0.2, 0) is 11.2 Å². The molecule has 0 atom stereocenters. The third kappa shape index (κ3) is 3.84. The smallest absolute Gasteiger partial charge is 0.269 e. The topological polar surface area (TPSA) is 76.7 Å². The highest BCUT2D eigenvalue weighted by Crippen LogP contribution is 2.30. The summed E-state index contributed by atoms with van der Waals surface area (Å²) in [7, 11) is 0. The molecule has 3 rings (SSSR count). The summed E-state index contributed by atoms with van der Waals surface area (Å²) in [5.41, 5.74) is 7.21. The standard InChI is InChI=1S/C18H18N2O4/c1-12-2-4-13(5-3-12)10-17(21)19-20-18(22)14-6-7-15-16(11-14)24-9-8-23-15/h2-7,11H,8-10H2,1H3,(H,19,21)(H,20,22). The number of ether oxygens (including phenoxy) is 2. The Hall–Kier alpha value is -3.02. The lowest BCUT2D eigenvalue weighted by Crippen LogP contribution is -2.42. The molecule has 2 amide bonds. The largest absolute Gasteiger partial charge is 0.486 e. The molecule has 0 spiro atoms. The van der Waals surface area contributed by atoms with E-state index in [2.05, 4.69) is 10.9 Å². The van der Waals surface area contributed by atoms with Crippen molar-refractivity contribution in [3.63, 3.8) is 0 Å². The predicted octanol–water partition coefficient (Wildman–Crippen LogP) is 1.77. The third-order valence-corrected chi connectivity index (χ3v) is 3.61. The van der Waals surface area contributed by atoms with Gasteiger partial charge in [0, 0.05) is 5.56 Å². The first-order valence-electron chi connectivity index (χ1n) is 7.66. The van der Waals surface area contributed by atoms with E-state index in [0.717, 1.165) is 11.1 Å².